The van der Waals surface area contributed by atoms with E-state index >= 15 is 0 Å². The van der Waals surface area contributed by atoms with Crippen molar-refractivity contribution in [2.75, 3.05) is 0 Å². The van der Waals surface area contributed by atoms with E-state index in [2.05, 4.69) is 11.2 Å². The second-order valence-corrected chi connectivity index (χ2v) is 3.80. The predicted octanol–water partition coefficient (Wildman–Crippen LogP) is 2.76. The lowest BCUT2D eigenvalue weighted by molar-refractivity contribution is 0.252. The van der Waals surface area contributed by atoms with Crippen LogP contribution in [0.3, 0.4) is 0 Å². The van der Waals surface area contributed by atoms with Crippen LogP contribution in [0.4, 0.5) is 0 Å². The van der Waals surface area contributed by atoms with Crippen molar-refractivity contribution < 1.29 is 9.94 Å². The minimum absolute atomic E-state index is 0.401. The molecule has 0 aromatic heterocycles. The Morgan fingerprint density at radius 2 is 2.12 bits per heavy atom. The quantitative estimate of drug-likeness (QED) is 0.482. The fourth-order valence-corrected chi connectivity index (χ4v) is 1.38. The number of nitriles is 1. The number of benzene rings is 1. The van der Waals surface area contributed by atoms with Gasteiger partial charge in [-0.1, -0.05) is 24.2 Å². The predicted molar refractivity (Wildman–Crippen MR) is 65.4 cm³/mol. The third-order valence-corrected chi connectivity index (χ3v) is 2.35. The van der Waals surface area contributed by atoms with E-state index in [9.17, 15) is 0 Å². The molecule has 1 aromatic carbocycles. The molecule has 4 heteroatoms. The van der Waals surface area contributed by atoms with E-state index in [0.717, 1.165) is 5.56 Å². The molecule has 1 N–H and O–H groups in total. The van der Waals surface area contributed by atoms with Crippen LogP contribution in [0.2, 0.25) is 0 Å². The van der Waals surface area contributed by atoms with E-state index in [1.165, 1.54) is 0 Å². The third kappa shape index (κ3) is 4.15. The van der Waals surface area contributed by atoms with E-state index in [-0.39, 0.29) is 0 Å². The van der Waals surface area contributed by atoms with Crippen molar-refractivity contribution in [2.24, 2.45) is 5.16 Å². The number of nitrogens with zero attached hydrogens (tertiary/aromatic N) is 2. The lowest BCUT2D eigenvalue weighted by Gasteiger charge is -2.10. The summed E-state index contributed by atoms with van der Waals surface area (Å²) in [5.74, 6) is 0.681. The fourth-order valence-electron chi connectivity index (χ4n) is 1.38. The van der Waals surface area contributed by atoms with E-state index in [1.54, 1.807) is 6.92 Å². The first-order valence-corrected chi connectivity index (χ1v) is 5.52. The maximum Gasteiger partial charge on any atom is 0.184 e. The highest BCUT2D eigenvalue weighted by molar-refractivity contribution is 5.83. The van der Waals surface area contributed by atoms with Gasteiger partial charge in [-0.15, -0.1) is 0 Å². The average molecular weight is 232 g/mol. The molecule has 4 nitrogen and oxygen atoms in total. The van der Waals surface area contributed by atoms with E-state index in [1.807, 2.05) is 31.2 Å². The Labute approximate surface area is 101 Å². The summed E-state index contributed by atoms with van der Waals surface area (Å²) in [6.45, 7) is 3.66. The molecule has 1 rings (SSSR count). The second-order valence-electron chi connectivity index (χ2n) is 3.80. The molecule has 0 aliphatic heterocycles. The summed E-state index contributed by atoms with van der Waals surface area (Å²) in [6, 6.07) is 9.51. The van der Waals surface area contributed by atoms with Gasteiger partial charge in [-0.2, -0.15) is 5.26 Å². The van der Waals surface area contributed by atoms with Crippen LogP contribution < -0.4 is 4.74 Å². The molecule has 0 amide bonds. The van der Waals surface area contributed by atoms with Crippen LogP contribution >= 0.6 is 0 Å². The third-order valence-electron chi connectivity index (χ3n) is 2.35. The Kier molecular flexibility index (Phi) is 5.02. The van der Waals surface area contributed by atoms with Crippen molar-refractivity contribution in [3.8, 4) is 11.8 Å². The molecule has 90 valence electrons. The largest absolute Gasteiger partial charge is 0.476 e. The Hall–Kier alpha value is -2.02. The zero-order valence-electron chi connectivity index (χ0n) is 10.1. The molecule has 0 aliphatic carbocycles. The van der Waals surface area contributed by atoms with Crippen LogP contribution in [-0.2, 0) is 6.42 Å². The van der Waals surface area contributed by atoms with E-state index in [0.29, 0.717) is 24.3 Å². The molecule has 17 heavy (non-hydrogen) atoms. The number of hydrogen-bond acceptors (Lipinski definition) is 4. The molecule has 0 saturated carbocycles. The summed E-state index contributed by atoms with van der Waals surface area (Å²) in [5, 5.41) is 20.5. The van der Waals surface area contributed by atoms with Crippen LogP contribution in [0, 0.1) is 11.3 Å². The first kappa shape index (κ1) is 13.0. The van der Waals surface area contributed by atoms with Crippen molar-refractivity contribution >= 4 is 5.71 Å². The highest BCUT2D eigenvalue weighted by Crippen LogP contribution is 2.15. The lowest BCUT2D eigenvalue weighted by Crippen LogP contribution is -2.12. The molecule has 1 atom stereocenters. The average Bonchev–Trinajstić information content (AvgIpc) is 2.37. The van der Waals surface area contributed by atoms with Crippen LogP contribution in [0.1, 0.15) is 25.8 Å². The highest BCUT2D eigenvalue weighted by atomic mass is 16.5. The lowest BCUT2D eigenvalue weighted by atomic mass is 10.1. The zero-order chi connectivity index (χ0) is 12.7. The van der Waals surface area contributed by atoms with Crippen molar-refractivity contribution in [1.82, 2.24) is 0 Å². The number of oxime groups is 1. The fraction of sp³-hybridized carbons (Fsp3) is 0.385. The second kappa shape index (κ2) is 6.54. The Morgan fingerprint density at radius 1 is 1.47 bits per heavy atom. The molecule has 0 bridgehead atoms. The molecule has 1 unspecified atom stereocenters. The Balaban J connectivity index is 2.65. The summed E-state index contributed by atoms with van der Waals surface area (Å²) in [4.78, 5) is 0. The van der Waals surface area contributed by atoms with Crippen LogP contribution in [0.5, 0.6) is 5.75 Å². The Bertz CT molecular complexity index is 418. The van der Waals surface area contributed by atoms with Gasteiger partial charge in [0, 0.05) is 6.42 Å². The molecule has 0 fully saturated rings. The maximum absolute atomic E-state index is 8.77. The van der Waals surface area contributed by atoms with Crippen LogP contribution in [-0.4, -0.2) is 17.0 Å². The molecule has 0 aliphatic rings. The number of hydrogen-bond donors (Lipinski definition) is 1. The summed E-state index contributed by atoms with van der Waals surface area (Å²) in [7, 11) is 0. The zero-order valence-corrected chi connectivity index (χ0v) is 10.1. The molecule has 1 aromatic rings. The minimum atomic E-state index is -0.401. The minimum Gasteiger partial charge on any atom is -0.476 e. The molecule has 0 spiro atoms. The Morgan fingerprint density at radius 3 is 2.59 bits per heavy atom. The van der Waals surface area contributed by atoms with Gasteiger partial charge in [0.15, 0.2) is 6.10 Å². The van der Waals surface area contributed by atoms with Crippen molar-refractivity contribution in [2.45, 2.75) is 32.8 Å². The van der Waals surface area contributed by atoms with E-state index < -0.39 is 6.10 Å². The first-order valence-electron chi connectivity index (χ1n) is 5.52. The van der Waals surface area contributed by atoms with E-state index in [4.69, 9.17) is 15.2 Å². The highest BCUT2D eigenvalue weighted by Gasteiger charge is 2.05. The molecule has 0 radical (unpaired) electrons. The van der Waals surface area contributed by atoms with Gasteiger partial charge in [0.1, 0.15) is 11.8 Å². The molecule has 0 heterocycles. The van der Waals surface area contributed by atoms with Crippen molar-refractivity contribution in [1.29, 1.82) is 5.26 Å². The van der Waals surface area contributed by atoms with Gasteiger partial charge in [0.2, 0.25) is 0 Å². The normalized spacial score (nSPS) is 12.9. The van der Waals surface area contributed by atoms with Crippen LogP contribution in [0.25, 0.3) is 0 Å². The van der Waals surface area contributed by atoms with Gasteiger partial charge in [0.25, 0.3) is 0 Å². The first-order chi connectivity index (χ1) is 8.19. The van der Waals surface area contributed by atoms with Crippen LogP contribution in [0.15, 0.2) is 29.4 Å². The van der Waals surface area contributed by atoms with Gasteiger partial charge in [-0.25, -0.2) is 0 Å². The van der Waals surface area contributed by atoms with Crippen molar-refractivity contribution in [3.63, 3.8) is 0 Å². The monoisotopic (exact) mass is 232 g/mol. The summed E-state index contributed by atoms with van der Waals surface area (Å²) in [6.07, 6.45) is 0.863. The van der Waals surface area contributed by atoms with Gasteiger partial charge in [-0.3, -0.25) is 0 Å². The van der Waals surface area contributed by atoms with Gasteiger partial charge in [-0.05, 0) is 31.0 Å². The van der Waals surface area contributed by atoms with Gasteiger partial charge in [0.05, 0.1) is 5.71 Å². The van der Waals surface area contributed by atoms with Gasteiger partial charge < -0.3 is 9.94 Å². The topological polar surface area (TPSA) is 65.6 Å². The molecular formula is C13H16N2O2. The molecular weight excluding hydrogens is 216 g/mol. The van der Waals surface area contributed by atoms with Gasteiger partial charge >= 0.3 is 0 Å². The summed E-state index contributed by atoms with van der Waals surface area (Å²) < 4.78 is 5.46. The maximum atomic E-state index is 8.77. The smallest absolute Gasteiger partial charge is 0.184 e. The summed E-state index contributed by atoms with van der Waals surface area (Å²) in [5.41, 5.74) is 1.69. The number of rotatable bonds is 5. The molecule has 0 saturated heterocycles. The SMILES string of the molecule is CCC(C#N)Oc1ccc(C/C(C)=N/O)cc1. The standard InChI is InChI=1S/C13H16N2O2/c1-3-12(9-14)17-13-6-4-11(5-7-13)8-10(2)15-16/h4-7,12,16H,3,8H2,1-2H3/b15-10+. The van der Waals surface area contributed by atoms with Crippen molar-refractivity contribution in [3.05, 3.63) is 29.8 Å². The summed E-state index contributed by atoms with van der Waals surface area (Å²) >= 11 is 0. The number of ether oxygens (including phenoxy) is 1.